The lowest BCUT2D eigenvalue weighted by Crippen LogP contribution is -2.22. The standard InChI is InChI=1S/C16H14N4O4S/c17-25(23,24)11-7-5-10(6-8-11)18-15(21)9-14-16(22)20-13-4-2-1-3-12(13)19-14/h1-8H,9H2,(H,18,21)(H,20,22)(H2,17,23,24). The average Bonchev–Trinajstić information content (AvgIpc) is 2.55. The van der Waals surface area contributed by atoms with E-state index in [1.165, 1.54) is 24.3 Å². The van der Waals surface area contributed by atoms with Gasteiger partial charge in [-0.25, -0.2) is 18.5 Å². The third-order valence-corrected chi connectivity index (χ3v) is 4.39. The number of nitrogens with two attached hydrogens (primary N) is 1. The van der Waals surface area contributed by atoms with E-state index < -0.39 is 21.5 Å². The summed E-state index contributed by atoms with van der Waals surface area (Å²) in [4.78, 5) is 30.9. The maximum Gasteiger partial charge on any atom is 0.270 e. The molecule has 3 aromatic rings. The van der Waals surface area contributed by atoms with E-state index in [1.54, 1.807) is 24.3 Å². The van der Waals surface area contributed by atoms with Crippen molar-refractivity contribution in [3.8, 4) is 0 Å². The second-order valence-electron chi connectivity index (χ2n) is 5.32. The number of benzene rings is 2. The molecule has 4 N–H and O–H groups in total. The van der Waals surface area contributed by atoms with Crippen LogP contribution in [-0.4, -0.2) is 24.3 Å². The molecule has 25 heavy (non-hydrogen) atoms. The Balaban J connectivity index is 1.76. The fourth-order valence-corrected chi connectivity index (χ4v) is 2.79. The first-order chi connectivity index (χ1) is 11.8. The van der Waals surface area contributed by atoms with Crippen LogP contribution in [-0.2, 0) is 21.2 Å². The van der Waals surface area contributed by atoms with Crippen LogP contribution in [0.15, 0.2) is 58.2 Å². The van der Waals surface area contributed by atoms with Gasteiger partial charge in [0.2, 0.25) is 15.9 Å². The fourth-order valence-electron chi connectivity index (χ4n) is 2.27. The number of carbonyl (C=O) groups is 1. The molecule has 3 rings (SSSR count). The molecule has 0 fully saturated rings. The number of nitrogens with one attached hydrogen (secondary N) is 2. The normalized spacial score (nSPS) is 11.4. The van der Waals surface area contributed by atoms with E-state index in [2.05, 4.69) is 15.3 Å². The van der Waals surface area contributed by atoms with Gasteiger partial charge in [-0.1, -0.05) is 12.1 Å². The second kappa shape index (κ2) is 6.46. The van der Waals surface area contributed by atoms with Crippen LogP contribution in [0.4, 0.5) is 5.69 Å². The number of nitrogens with zero attached hydrogens (tertiary/aromatic N) is 1. The smallest absolute Gasteiger partial charge is 0.270 e. The number of hydrogen-bond acceptors (Lipinski definition) is 5. The number of sulfonamides is 1. The molecule has 1 amide bonds. The lowest BCUT2D eigenvalue weighted by Gasteiger charge is -2.06. The number of primary sulfonamides is 1. The van der Waals surface area contributed by atoms with Crippen LogP contribution in [0.2, 0.25) is 0 Å². The number of amides is 1. The fraction of sp³-hybridized carbons (Fsp3) is 0.0625. The van der Waals surface area contributed by atoms with Crippen molar-refractivity contribution in [1.29, 1.82) is 0 Å². The Bertz CT molecular complexity index is 1100. The maximum atomic E-state index is 12.1. The lowest BCUT2D eigenvalue weighted by atomic mass is 10.2. The molecule has 0 atom stereocenters. The molecule has 0 unspecified atom stereocenters. The van der Waals surface area contributed by atoms with Gasteiger partial charge in [-0.3, -0.25) is 9.59 Å². The molecule has 0 saturated carbocycles. The Labute approximate surface area is 142 Å². The zero-order valence-electron chi connectivity index (χ0n) is 12.9. The zero-order valence-corrected chi connectivity index (χ0v) is 13.7. The highest BCUT2D eigenvalue weighted by atomic mass is 32.2. The number of aromatic nitrogens is 2. The topological polar surface area (TPSA) is 135 Å². The summed E-state index contributed by atoms with van der Waals surface area (Å²) in [7, 11) is -3.79. The van der Waals surface area contributed by atoms with Gasteiger partial charge in [0.15, 0.2) is 0 Å². The summed E-state index contributed by atoms with van der Waals surface area (Å²) in [6, 6.07) is 12.4. The van der Waals surface area contributed by atoms with Gasteiger partial charge in [-0.15, -0.1) is 0 Å². The van der Waals surface area contributed by atoms with Crippen molar-refractivity contribution >= 4 is 32.7 Å². The predicted molar refractivity (Wildman–Crippen MR) is 92.5 cm³/mol. The summed E-state index contributed by atoms with van der Waals surface area (Å²) < 4.78 is 22.4. The molecule has 8 nitrogen and oxygen atoms in total. The van der Waals surface area contributed by atoms with E-state index in [0.29, 0.717) is 16.7 Å². The van der Waals surface area contributed by atoms with Crippen molar-refractivity contribution in [2.24, 2.45) is 5.14 Å². The quantitative estimate of drug-likeness (QED) is 0.632. The molecule has 0 radical (unpaired) electrons. The highest BCUT2D eigenvalue weighted by molar-refractivity contribution is 7.89. The van der Waals surface area contributed by atoms with E-state index in [0.717, 1.165) is 0 Å². The van der Waals surface area contributed by atoms with Crippen LogP contribution in [0.3, 0.4) is 0 Å². The van der Waals surface area contributed by atoms with Crippen LogP contribution in [0.1, 0.15) is 5.69 Å². The van der Waals surface area contributed by atoms with Gasteiger partial charge in [-0.05, 0) is 36.4 Å². The summed E-state index contributed by atoms with van der Waals surface area (Å²) in [5.74, 6) is -0.448. The molecule has 0 aliphatic carbocycles. The van der Waals surface area contributed by atoms with Gasteiger partial charge in [0.05, 0.1) is 22.3 Å². The van der Waals surface area contributed by atoms with Crippen molar-refractivity contribution in [3.63, 3.8) is 0 Å². The van der Waals surface area contributed by atoms with Gasteiger partial charge in [-0.2, -0.15) is 0 Å². The Morgan fingerprint density at radius 3 is 2.48 bits per heavy atom. The van der Waals surface area contributed by atoms with Gasteiger partial charge in [0.25, 0.3) is 5.56 Å². The first-order valence-corrected chi connectivity index (χ1v) is 8.78. The van der Waals surface area contributed by atoms with Crippen LogP contribution in [0.5, 0.6) is 0 Å². The predicted octanol–water partition coefficient (Wildman–Crippen LogP) is 0.752. The van der Waals surface area contributed by atoms with E-state index >= 15 is 0 Å². The Morgan fingerprint density at radius 1 is 1.12 bits per heavy atom. The van der Waals surface area contributed by atoms with E-state index in [4.69, 9.17) is 5.14 Å². The summed E-state index contributed by atoms with van der Waals surface area (Å²) in [6.45, 7) is 0. The van der Waals surface area contributed by atoms with Gasteiger partial charge < -0.3 is 10.3 Å². The van der Waals surface area contributed by atoms with Crippen molar-refractivity contribution in [3.05, 3.63) is 64.6 Å². The van der Waals surface area contributed by atoms with Crippen LogP contribution >= 0.6 is 0 Å². The highest BCUT2D eigenvalue weighted by Crippen LogP contribution is 2.13. The third-order valence-electron chi connectivity index (χ3n) is 3.46. The molecule has 0 spiro atoms. The van der Waals surface area contributed by atoms with Gasteiger partial charge >= 0.3 is 0 Å². The minimum absolute atomic E-state index is 0.0573. The lowest BCUT2D eigenvalue weighted by molar-refractivity contribution is -0.115. The van der Waals surface area contributed by atoms with Crippen molar-refractivity contribution in [2.75, 3.05) is 5.32 Å². The molecule has 0 bridgehead atoms. The van der Waals surface area contributed by atoms with E-state index in [9.17, 15) is 18.0 Å². The molecule has 9 heteroatoms. The summed E-state index contributed by atoms with van der Waals surface area (Å²) in [5.41, 5.74) is 1.23. The molecule has 1 aromatic heterocycles. The minimum atomic E-state index is -3.79. The minimum Gasteiger partial charge on any atom is -0.326 e. The van der Waals surface area contributed by atoms with Crippen LogP contribution in [0.25, 0.3) is 11.0 Å². The number of rotatable bonds is 4. The molecule has 0 aliphatic heterocycles. The second-order valence-corrected chi connectivity index (χ2v) is 6.89. The molecular weight excluding hydrogens is 344 g/mol. The number of carbonyl (C=O) groups excluding carboxylic acids is 1. The largest absolute Gasteiger partial charge is 0.326 e. The van der Waals surface area contributed by atoms with Crippen molar-refractivity contribution < 1.29 is 13.2 Å². The van der Waals surface area contributed by atoms with E-state index in [-0.39, 0.29) is 17.0 Å². The first kappa shape index (κ1) is 16.8. The average molecular weight is 358 g/mol. The van der Waals surface area contributed by atoms with Crippen LogP contribution < -0.4 is 16.0 Å². The molecule has 128 valence electrons. The number of hydrogen-bond donors (Lipinski definition) is 3. The Kier molecular flexibility index (Phi) is 4.34. The maximum absolute atomic E-state index is 12.1. The summed E-state index contributed by atoms with van der Waals surface area (Å²) in [5, 5.41) is 7.59. The number of H-pyrrole nitrogens is 1. The molecule has 0 aliphatic rings. The molecule has 1 heterocycles. The monoisotopic (exact) mass is 358 g/mol. The summed E-state index contributed by atoms with van der Waals surface area (Å²) >= 11 is 0. The number of anilines is 1. The SMILES string of the molecule is NS(=O)(=O)c1ccc(NC(=O)Cc2nc3ccccc3[nH]c2=O)cc1. The van der Waals surface area contributed by atoms with Crippen molar-refractivity contribution in [1.82, 2.24) is 9.97 Å². The van der Waals surface area contributed by atoms with Crippen molar-refractivity contribution in [2.45, 2.75) is 11.3 Å². The summed E-state index contributed by atoms with van der Waals surface area (Å²) in [6.07, 6.45) is -0.211. The van der Waals surface area contributed by atoms with Gasteiger partial charge in [0.1, 0.15) is 5.69 Å². The third kappa shape index (κ3) is 3.90. The van der Waals surface area contributed by atoms with Gasteiger partial charge in [0, 0.05) is 5.69 Å². The number of para-hydroxylation sites is 2. The number of fused-ring (bicyclic) bond motifs is 1. The Hall–Kier alpha value is -3.04. The number of aromatic amines is 1. The van der Waals surface area contributed by atoms with E-state index in [1.807, 2.05) is 0 Å². The highest BCUT2D eigenvalue weighted by Gasteiger charge is 2.12. The molecular formula is C16H14N4O4S. The van der Waals surface area contributed by atoms with Crippen LogP contribution in [0, 0.1) is 0 Å². The zero-order chi connectivity index (χ0) is 18.0. The molecule has 2 aromatic carbocycles. The first-order valence-electron chi connectivity index (χ1n) is 7.23. The Morgan fingerprint density at radius 2 is 1.80 bits per heavy atom. The molecule has 0 saturated heterocycles.